The molecule has 0 radical (unpaired) electrons. The van der Waals surface area contributed by atoms with Crippen LogP contribution in [-0.2, 0) is 9.47 Å². The highest BCUT2D eigenvalue weighted by Gasteiger charge is 2.21. The van der Waals surface area contributed by atoms with Crippen LogP contribution in [-0.4, -0.2) is 42.5 Å². The van der Waals surface area contributed by atoms with Gasteiger partial charge in [-0.15, -0.1) is 0 Å². The van der Waals surface area contributed by atoms with E-state index in [1.54, 1.807) is 0 Å². The van der Waals surface area contributed by atoms with Crippen LogP contribution in [0.3, 0.4) is 0 Å². The summed E-state index contributed by atoms with van der Waals surface area (Å²) in [6, 6.07) is 0. The quantitative estimate of drug-likeness (QED) is 0.0626. The van der Waals surface area contributed by atoms with Crippen molar-refractivity contribution in [3.63, 3.8) is 0 Å². The van der Waals surface area contributed by atoms with Crippen LogP contribution in [0.5, 0.6) is 0 Å². The zero-order valence-corrected chi connectivity index (χ0v) is 38.7. The molecule has 1 N–H and O–H groups in total. The van der Waals surface area contributed by atoms with Gasteiger partial charge in [-0.05, 0) is 44.8 Å². The number of ether oxygens (including phenoxy) is 2. The SMILES string of the molecule is CCCCCCCCCCCCCCCCCCCC(COC(=O)NCC(C)(C)OCCC(C)C)SCCCCCCCCCCCCCCCCCC. The number of carbonyl (C=O) groups is 1. The summed E-state index contributed by atoms with van der Waals surface area (Å²) in [4.78, 5) is 12.6. The summed E-state index contributed by atoms with van der Waals surface area (Å²) in [5, 5.41) is 3.37. The van der Waals surface area contributed by atoms with Gasteiger partial charge in [0, 0.05) is 18.4 Å². The molecule has 0 aromatic carbocycles. The molecule has 1 atom stereocenters. The summed E-state index contributed by atoms with van der Waals surface area (Å²) in [5.74, 6) is 1.80. The molecule has 0 aliphatic carbocycles. The van der Waals surface area contributed by atoms with Crippen molar-refractivity contribution < 1.29 is 14.3 Å². The highest BCUT2D eigenvalue weighted by Crippen LogP contribution is 2.22. The second-order valence-corrected chi connectivity index (χ2v) is 19.4. The van der Waals surface area contributed by atoms with E-state index in [2.05, 4.69) is 33.0 Å². The lowest BCUT2D eigenvalue weighted by Gasteiger charge is -2.26. The van der Waals surface area contributed by atoms with Crippen LogP contribution in [0.15, 0.2) is 0 Å². The number of nitrogens with one attached hydrogen (secondary N) is 1. The summed E-state index contributed by atoms with van der Waals surface area (Å²) in [7, 11) is 0. The van der Waals surface area contributed by atoms with Gasteiger partial charge in [-0.25, -0.2) is 4.79 Å². The van der Waals surface area contributed by atoms with E-state index in [0.717, 1.165) is 19.4 Å². The van der Waals surface area contributed by atoms with Gasteiger partial charge in [0.05, 0.1) is 5.60 Å². The molecule has 0 saturated heterocycles. The van der Waals surface area contributed by atoms with Gasteiger partial charge in [-0.2, -0.15) is 11.8 Å². The molecule has 0 saturated carbocycles. The van der Waals surface area contributed by atoms with Gasteiger partial charge in [0.25, 0.3) is 0 Å². The average Bonchev–Trinajstić information content (AvgIpc) is 3.14. The Morgan fingerprint density at radius 1 is 0.519 bits per heavy atom. The first-order chi connectivity index (χ1) is 26.3. The Bertz CT molecular complexity index is 706. The fourth-order valence-electron chi connectivity index (χ4n) is 7.34. The monoisotopic (exact) mass is 782 g/mol. The number of alkyl carbamates (subject to hydrolysis) is 1. The molecule has 4 nitrogen and oxygen atoms in total. The van der Waals surface area contributed by atoms with Gasteiger partial charge in [-0.3, -0.25) is 0 Å². The van der Waals surface area contributed by atoms with Crippen molar-refractivity contribution >= 4 is 17.9 Å². The fourth-order valence-corrected chi connectivity index (χ4v) is 8.54. The number of hydrogen-bond acceptors (Lipinski definition) is 4. The van der Waals surface area contributed by atoms with E-state index in [0.29, 0.717) is 24.3 Å². The van der Waals surface area contributed by atoms with Crippen LogP contribution in [0, 0.1) is 5.92 Å². The average molecular weight is 782 g/mol. The van der Waals surface area contributed by atoms with Gasteiger partial charge >= 0.3 is 6.09 Å². The Morgan fingerprint density at radius 2 is 0.870 bits per heavy atom. The van der Waals surface area contributed by atoms with E-state index in [1.807, 2.05) is 25.6 Å². The first-order valence-electron chi connectivity index (χ1n) is 24.5. The van der Waals surface area contributed by atoms with Crippen LogP contribution < -0.4 is 5.32 Å². The van der Waals surface area contributed by atoms with Crippen molar-refractivity contribution in [2.24, 2.45) is 5.92 Å². The molecule has 0 fully saturated rings. The molecule has 0 aromatic heterocycles. The summed E-state index contributed by atoms with van der Waals surface area (Å²) in [5.41, 5.74) is -0.386. The lowest BCUT2D eigenvalue weighted by molar-refractivity contribution is -0.0207. The van der Waals surface area contributed by atoms with E-state index < -0.39 is 0 Å². The second-order valence-electron chi connectivity index (χ2n) is 18.0. The van der Waals surface area contributed by atoms with Gasteiger partial charge in [0.15, 0.2) is 0 Å². The summed E-state index contributed by atoms with van der Waals surface area (Å²) in [6.07, 6.45) is 48.3. The predicted molar refractivity (Wildman–Crippen MR) is 243 cm³/mol. The smallest absolute Gasteiger partial charge is 0.407 e. The number of unbranched alkanes of at least 4 members (excludes halogenated alkanes) is 31. The van der Waals surface area contributed by atoms with Gasteiger partial charge in [-0.1, -0.05) is 233 Å². The molecule has 0 aromatic rings. The molecule has 0 heterocycles. The number of carbonyl (C=O) groups excluding carboxylic acids is 1. The number of hydrogen-bond donors (Lipinski definition) is 1. The Morgan fingerprint density at radius 3 is 1.24 bits per heavy atom. The van der Waals surface area contributed by atoms with Gasteiger partial charge in [0.2, 0.25) is 0 Å². The molecule has 0 aliphatic rings. The Kier molecular flexibility index (Phi) is 41.9. The first kappa shape index (κ1) is 53.6. The molecular weight excluding hydrogens is 683 g/mol. The van der Waals surface area contributed by atoms with E-state index in [-0.39, 0.29) is 11.7 Å². The standard InChI is InChI=1S/C49H99NO3S/c1-7-9-11-13-15-17-19-21-23-25-26-28-30-32-34-36-38-40-47(44-52-48(51)50-45-49(5,6)53-42-41-46(3)4)54-43-39-37-35-33-31-29-27-24-22-20-18-16-14-12-10-8-2/h46-47H,7-45H2,1-6H3,(H,50,51). The molecule has 1 unspecified atom stereocenters. The maximum Gasteiger partial charge on any atom is 0.407 e. The Balaban J connectivity index is 4.15. The van der Waals surface area contributed by atoms with Crippen molar-refractivity contribution in [1.29, 1.82) is 0 Å². The Hall–Kier alpha value is -0.420. The zero-order valence-electron chi connectivity index (χ0n) is 37.9. The Labute approximate surface area is 344 Å². The molecule has 0 aliphatic heterocycles. The molecule has 0 rings (SSSR count). The minimum absolute atomic E-state index is 0.300. The van der Waals surface area contributed by atoms with Crippen LogP contribution >= 0.6 is 11.8 Å². The number of rotatable bonds is 44. The molecule has 324 valence electrons. The van der Waals surface area contributed by atoms with Gasteiger partial charge < -0.3 is 14.8 Å². The predicted octanol–water partition coefficient (Wildman–Crippen LogP) is 17.0. The van der Waals surface area contributed by atoms with E-state index in [9.17, 15) is 4.79 Å². The fraction of sp³-hybridized carbons (Fsp3) is 0.980. The van der Waals surface area contributed by atoms with Crippen molar-refractivity contribution in [3.8, 4) is 0 Å². The third-order valence-corrected chi connectivity index (χ3v) is 12.6. The van der Waals surface area contributed by atoms with E-state index in [1.165, 1.54) is 218 Å². The largest absolute Gasteiger partial charge is 0.448 e. The van der Waals surface area contributed by atoms with Crippen molar-refractivity contribution in [2.75, 3.05) is 25.5 Å². The van der Waals surface area contributed by atoms with E-state index >= 15 is 0 Å². The van der Waals surface area contributed by atoms with E-state index in [4.69, 9.17) is 9.47 Å². The van der Waals surface area contributed by atoms with Gasteiger partial charge in [0.1, 0.15) is 6.61 Å². The second kappa shape index (κ2) is 42.2. The molecule has 54 heavy (non-hydrogen) atoms. The van der Waals surface area contributed by atoms with Crippen molar-refractivity contribution in [1.82, 2.24) is 5.32 Å². The normalized spacial score (nSPS) is 12.5. The summed E-state index contributed by atoms with van der Waals surface area (Å²) in [6.45, 7) is 14.8. The highest BCUT2D eigenvalue weighted by atomic mass is 32.2. The van der Waals surface area contributed by atoms with Crippen LogP contribution in [0.4, 0.5) is 4.79 Å². The minimum Gasteiger partial charge on any atom is -0.448 e. The van der Waals surface area contributed by atoms with Crippen LogP contribution in [0.25, 0.3) is 0 Å². The summed E-state index contributed by atoms with van der Waals surface area (Å²) >= 11 is 2.05. The third-order valence-electron chi connectivity index (χ3n) is 11.2. The lowest BCUT2D eigenvalue weighted by atomic mass is 10.0. The maximum absolute atomic E-state index is 12.6. The van der Waals surface area contributed by atoms with Crippen LogP contribution in [0.2, 0.25) is 0 Å². The molecule has 5 heteroatoms. The minimum atomic E-state index is -0.386. The molecule has 0 bridgehead atoms. The third kappa shape index (κ3) is 42.7. The number of thioether (sulfide) groups is 1. The first-order valence-corrected chi connectivity index (χ1v) is 25.5. The highest BCUT2D eigenvalue weighted by molar-refractivity contribution is 7.99. The molecular formula is C49H99NO3S. The van der Waals surface area contributed by atoms with Crippen LogP contribution in [0.1, 0.15) is 266 Å². The molecule has 1 amide bonds. The topological polar surface area (TPSA) is 47.6 Å². The summed E-state index contributed by atoms with van der Waals surface area (Å²) < 4.78 is 11.8. The zero-order chi connectivity index (χ0) is 39.6. The maximum atomic E-state index is 12.6. The van der Waals surface area contributed by atoms with Crippen molar-refractivity contribution in [2.45, 2.75) is 277 Å². The number of amides is 1. The molecule has 0 spiro atoms. The lowest BCUT2D eigenvalue weighted by Crippen LogP contribution is -2.41. The van der Waals surface area contributed by atoms with Crippen molar-refractivity contribution in [3.05, 3.63) is 0 Å².